The van der Waals surface area contributed by atoms with Crippen LogP contribution in [0.25, 0.3) is 0 Å². The molecule has 1 aliphatic heterocycles. The number of thioether (sulfide) groups is 1. The van der Waals surface area contributed by atoms with E-state index in [0.717, 1.165) is 18.0 Å². The van der Waals surface area contributed by atoms with Gasteiger partial charge in [-0.05, 0) is 29.9 Å². The molecule has 0 aromatic rings. The molecule has 1 heterocycles. The third kappa shape index (κ3) is 2.21. The zero-order valence-electron chi connectivity index (χ0n) is 8.97. The lowest BCUT2D eigenvalue weighted by Crippen LogP contribution is -2.47. The lowest BCUT2D eigenvalue weighted by molar-refractivity contribution is 0.242. The molecule has 3 atom stereocenters. The van der Waals surface area contributed by atoms with E-state index < -0.39 is 0 Å². The Labute approximate surface area is 86.0 Å². The molecule has 0 amide bonds. The van der Waals surface area contributed by atoms with Gasteiger partial charge in [0.15, 0.2) is 0 Å². The van der Waals surface area contributed by atoms with Crippen LogP contribution in [-0.2, 0) is 0 Å². The fraction of sp³-hybridized carbons (Fsp3) is 1.00. The molecule has 76 valence electrons. The van der Waals surface area contributed by atoms with E-state index in [4.69, 9.17) is 0 Å². The standard InChI is InChI=1S/C11H21NS/c1-8-6-9(8)12-10-7-13-5-4-11(10,2)3/h8-10,12H,4-7H2,1-3H3. The zero-order valence-corrected chi connectivity index (χ0v) is 9.79. The van der Waals surface area contributed by atoms with Crippen molar-refractivity contribution >= 4 is 11.8 Å². The highest BCUT2D eigenvalue weighted by atomic mass is 32.2. The van der Waals surface area contributed by atoms with E-state index in [2.05, 4.69) is 37.8 Å². The topological polar surface area (TPSA) is 12.0 Å². The van der Waals surface area contributed by atoms with E-state index in [1.165, 1.54) is 24.3 Å². The van der Waals surface area contributed by atoms with Crippen LogP contribution in [0.1, 0.15) is 33.6 Å². The van der Waals surface area contributed by atoms with Crippen molar-refractivity contribution in [2.45, 2.75) is 45.7 Å². The van der Waals surface area contributed by atoms with Gasteiger partial charge in [-0.2, -0.15) is 11.8 Å². The summed E-state index contributed by atoms with van der Waals surface area (Å²) >= 11 is 2.11. The largest absolute Gasteiger partial charge is 0.310 e. The van der Waals surface area contributed by atoms with Crippen LogP contribution in [0.2, 0.25) is 0 Å². The number of nitrogens with one attached hydrogen (secondary N) is 1. The Kier molecular flexibility index (Phi) is 2.63. The molecule has 1 nitrogen and oxygen atoms in total. The molecule has 0 aromatic heterocycles. The number of hydrogen-bond donors (Lipinski definition) is 1. The van der Waals surface area contributed by atoms with Crippen LogP contribution in [0.4, 0.5) is 0 Å². The monoisotopic (exact) mass is 199 g/mol. The second-order valence-electron chi connectivity index (χ2n) is 5.35. The van der Waals surface area contributed by atoms with Crippen molar-refractivity contribution in [2.75, 3.05) is 11.5 Å². The SMILES string of the molecule is CC1CC1NC1CSCCC1(C)C. The van der Waals surface area contributed by atoms with E-state index in [1.807, 2.05) is 0 Å². The zero-order chi connectivity index (χ0) is 9.47. The van der Waals surface area contributed by atoms with Gasteiger partial charge in [0.25, 0.3) is 0 Å². The highest BCUT2D eigenvalue weighted by Crippen LogP contribution is 2.37. The van der Waals surface area contributed by atoms with E-state index in [0.29, 0.717) is 5.41 Å². The Bertz CT molecular complexity index is 191. The van der Waals surface area contributed by atoms with Crippen molar-refractivity contribution in [1.29, 1.82) is 0 Å². The fourth-order valence-electron chi connectivity index (χ4n) is 2.02. The van der Waals surface area contributed by atoms with Crippen LogP contribution in [0.5, 0.6) is 0 Å². The summed E-state index contributed by atoms with van der Waals surface area (Å²) in [5.41, 5.74) is 0.521. The average Bonchev–Trinajstić information content (AvgIpc) is 2.71. The third-order valence-electron chi connectivity index (χ3n) is 3.64. The maximum absolute atomic E-state index is 3.81. The number of rotatable bonds is 2. The first kappa shape index (κ1) is 9.85. The van der Waals surface area contributed by atoms with Crippen molar-refractivity contribution in [3.63, 3.8) is 0 Å². The van der Waals surface area contributed by atoms with E-state index in [9.17, 15) is 0 Å². The van der Waals surface area contributed by atoms with Crippen LogP contribution in [0.3, 0.4) is 0 Å². The van der Waals surface area contributed by atoms with Crippen LogP contribution in [0, 0.1) is 11.3 Å². The molecule has 2 heteroatoms. The van der Waals surface area contributed by atoms with Gasteiger partial charge >= 0.3 is 0 Å². The first-order valence-electron chi connectivity index (χ1n) is 5.43. The molecule has 0 radical (unpaired) electrons. The second kappa shape index (κ2) is 3.47. The molecule has 2 rings (SSSR count). The minimum Gasteiger partial charge on any atom is -0.310 e. The van der Waals surface area contributed by atoms with Gasteiger partial charge in [0.1, 0.15) is 0 Å². The molecule has 0 bridgehead atoms. The fourth-order valence-corrected chi connectivity index (χ4v) is 3.64. The highest BCUT2D eigenvalue weighted by Gasteiger charge is 2.39. The molecule has 1 saturated carbocycles. The lowest BCUT2D eigenvalue weighted by atomic mass is 9.82. The summed E-state index contributed by atoms with van der Waals surface area (Å²) in [6.45, 7) is 7.18. The van der Waals surface area contributed by atoms with Crippen molar-refractivity contribution in [3.8, 4) is 0 Å². The summed E-state index contributed by atoms with van der Waals surface area (Å²) in [5, 5.41) is 3.81. The molecule has 1 saturated heterocycles. The van der Waals surface area contributed by atoms with Crippen LogP contribution in [-0.4, -0.2) is 23.6 Å². The maximum Gasteiger partial charge on any atom is 0.0212 e. The second-order valence-corrected chi connectivity index (χ2v) is 6.50. The van der Waals surface area contributed by atoms with Gasteiger partial charge in [-0.1, -0.05) is 20.8 Å². The van der Waals surface area contributed by atoms with Gasteiger partial charge in [-0.3, -0.25) is 0 Å². The van der Waals surface area contributed by atoms with Crippen LogP contribution < -0.4 is 5.32 Å². The minimum absolute atomic E-state index is 0.521. The predicted octanol–water partition coefficient (Wildman–Crippen LogP) is 2.52. The van der Waals surface area contributed by atoms with Gasteiger partial charge in [-0.15, -0.1) is 0 Å². The van der Waals surface area contributed by atoms with E-state index in [1.54, 1.807) is 0 Å². The smallest absolute Gasteiger partial charge is 0.0212 e. The Morgan fingerprint density at radius 1 is 1.38 bits per heavy atom. The molecule has 13 heavy (non-hydrogen) atoms. The molecule has 1 aliphatic carbocycles. The normalized spacial score (nSPS) is 43.2. The summed E-state index contributed by atoms with van der Waals surface area (Å²) in [5.74, 6) is 3.60. The summed E-state index contributed by atoms with van der Waals surface area (Å²) in [6, 6.07) is 1.59. The summed E-state index contributed by atoms with van der Waals surface area (Å²) in [6.07, 6.45) is 2.77. The van der Waals surface area contributed by atoms with Crippen molar-refractivity contribution in [1.82, 2.24) is 5.32 Å². The molecule has 2 aliphatic rings. The lowest BCUT2D eigenvalue weighted by Gasteiger charge is -2.39. The molecule has 2 fully saturated rings. The Balaban J connectivity index is 1.88. The van der Waals surface area contributed by atoms with Crippen LogP contribution in [0.15, 0.2) is 0 Å². The van der Waals surface area contributed by atoms with Gasteiger partial charge < -0.3 is 5.32 Å². The van der Waals surface area contributed by atoms with Crippen molar-refractivity contribution < 1.29 is 0 Å². The van der Waals surface area contributed by atoms with Crippen LogP contribution >= 0.6 is 11.8 Å². The summed E-state index contributed by atoms with van der Waals surface area (Å²) in [7, 11) is 0. The van der Waals surface area contributed by atoms with E-state index >= 15 is 0 Å². The molecule has 0 spiro atoms. The Morgan fingerprint density at radius 2 is 2.08 bits per heavy atom. The molecular formula is C11H21NS. The predicted molar refractivity (Wildman–Crippen MR) is 60.2 cm³/mol. The summed E-state index contributed by atoms with van der Waals surface area (Å²) < 4.78 is 0. The first-order valence-corrected chi connectivity index (χ1v) is 6.59. The van der Waals surface area contributed by atoms with Crippen molar-refractivity contribution in [3.05, 3.63) is 0 Å². The third-order valence-corrected chi connectivity index (χ3v) is 4.71. The van der Waals surface area contributed by atoms with Gasteiger partial charge in [0.05, 0.1) is 0 Å². The van der Waals surface area contributed by atoms with Gasteiger partial charge in [-0.25, -0.2) is 0 Å². The van der Waals surface area contributed by atoms with Gasteiger partial charge in [0.2, 0.25) is 0 Å². The first-order chi connectivity index (χ1) is 6.09. The molecule has 0 aromatic carbocycles. The van der Waals surface area contributed by atoms with Crippen molar-refractivity contribution in [2.24, 2.45) is 11.3 Å². The Hall–Kier alpha value is 0.310. The summed E-state index contributed by atoms with van der Waals surface area (Å²) in [4.78, 5) is 0. The highest BCUT2D eigenvalue weighted by molar-refractivity contribution is 7.99. The van der Waals surface area contributed by atoms with E-state index in [-0.39, 0.29) is 0 Å². The Morgan fingerprint density at radius 3 is 2.62 bits per heavy atom. The molecule has 3 unspecified atom stereocenters. The quantitative estimate of drug-likeness (QED) is 0.733. The average molecular weight is 199 g/mol. The van der Waals surface area contributed by atoms with Gasteiger partial charge in [0, 0.05) is 17.8 Å². The molecule has 1 N–H and O–H groups in total. The molecular weight excluding hydrogens is 178 g/mol. The minimum atomic E-state index is 0.521. The number of hydrogen-bond acceptors (Lipinski definition) is 2. The maximum atomic E-state index is 3.81.